The van der Waals surface area contributed by atoms with Gasteiger partial charge in [0.05, 0.1) is 11.4 Å². The van der Waals surface area contributed by atoms with Gasteiger partial charge in [-0.1, -0.05) is 193 Å². The van der Waals surface area contributed by atoms with Crippen LogP contribution in [-0.4, -0.2) is 49.9 Å². The van der Waals surface area contributed by atoms with Crippen LogP contribution in [0.5, 0.6) is 0 Å². The Morgan fingerprint density at radius 3 is 1.87 bits per heavy atom. The zero-order valence-electron chi connectivity index (χ0n) is 39.8. The number of guanidine groups is 1. The Morgan fingerprint density at radius 1 is 0.836 bits per heavy atom. The number of benzene rings is 1. The van der Waals surface area contributed by atoms with Crippen LogP contribution >= 0.6 is 0 Å². The van der Waals surface area contributed by atoms with Gasteiger partial charge in [-0.2, -0.15) is 18.3 Å². The largest absolute Gasteiger partial charge is 0.450 e. The number of alkyl halides is 3. The van der Waals surface area contributed by atoms with E-state index in [2.05, 4.69) is 78.8 Å². The molecule has 61 heavy (non-hydrogen) atoms. The van der Waals surface area contributed by atoms with Gasteiger partial charge in [-0.3, -0.25) is 15.3 Å². The predicted octanol–water partition coefficient (Wildman–Crippen LogP) is 14.8. The summed E-state index contributed by atoms with van der Waals surface area (Å²) in [4.78, 5) is 12.6. The number of aryl methyl sites for hydroxylation is 1. The molecule has 0 bridgehead atoms. The fourth-order valence-corrected chi connectivity index (χ4v) is 5.04. The average molecular weight is 853 g/mol. The zero-order chi connectivity index (χ0) is 47.3. The summed E-state index contributed by atoms with van der Waals surface area (Å²) in [7, 11) is 2.84. The molecule has 0 radical (unpaired) electrons. The van der Waals surface area contributed by atoms with Gasteiger partial charge in [0.25, 0.3) is 0 Å². The Hall–Kier alpha value is -5.03. The smallest absolute Gasteiger partial charge is 0.405 e. The van der Waals surface area contributed by atoms with Crippen molar-refractivity contribution in [1.29, 1.82) is 0 Å². The highest BCUT2D eigenvalue weighted by atomic mass is 19.4. The normalized spacial score (nSPS) is 13.4. The van der Waals surface area contributed by atoms with Crippen molar-refractivity contribution in [3.05, 3.63) is 121 Å². The molecular formula is C50H83F3N8. The summed E-state index contributed by atoms with van der Waals surface area (Å²) in [5.41, 5.74) is 15.7. The minimum Gasteiger partial charge on any atom is -0.405 e. The number of hydrogen-bond acceptors (Lipinski definition) is 6. The molecule has 1 aromatic rings. The first-order valence-electron chi connectivity index (χ1n) is 21.9. The molecule has 1 aromatic carbocycles. The maximum atomic E-state index is 14.5. The molecule has 0 unspecified atom stereocenters. The van der Waals surface area contributed by atoms with Crippen molar-refractivity contribution in [2.24, 2.45) is 31.5 Å². The number of nitrogens with one attached hydrogen (secondary N) is 1. The van der Waals surface area contributed by atoms with Gasteiger partial charge < -0.3 is 11.5 Å². The Morgan fingerprint density at radius 2 is 1.41 bits per heavy atom. The van der Waals surface area contributed by atoms with Crippen LogP contribution < -0.4 is 16.9 Å². The molecule has 0 saturated heterocycles. The molecule has 0 saturated carbocycles. The minimum absolute atomic E-state index is 0.0842. The van der Waals surface area contributed by atoms with Crippen molar-refractivity contribution in [2.75, 3.05) is 19.5 Å². The number of anilines is 1. The van der Waals surface area contributed by atoms with Crippen LogP contribution in [0.1, 0.15) is 144 Å². The molecule has 8 nitrogen and oxygen atoms in total. The summed E-state index contributed by atoms with van der Waals surface area (Å²) in [5.74, 6) is -1.44. The van der Waals surface area contributed by atoms with Crippen LogP contribution in [0.2, 0.25) is 0 Å². The fraction of sp³-hybridized carbons (Fsp3) is 0.480. The van der Waals surface area contributed by atoms with E-state index >= 15 is 0 Å². The second-order valence-electron chi connectivity index (χ2n) is 12.6. The van der Waals surface area contributed by atoms with Crippen molar-refractivity contribution in [2.45, 2.75) is 146 Å². The highest BCUT2D eigenvalue weighted by Crippen LogP contribution is 2.36. The summed E-state index contributed by atoms with van der Waals surface area (Å²) in [5, 5.41) is 4.14. The summed E-state index contributed by atoms with van der Waals surface area (Å²) < 4.78 is 43.4. The first kappa shape index (κ1) is 62.6. The molecule has 0 aromatic heterocycles. The lowest BCUT2D eigenvalue weighted by Gasteiger charge is -2.31. The first-order valence-corrected chi connectivity index (χ1v) is 21.9. The van der Waals surface area contributed by atoms with E-state index < -0.39 is 12.0 Å². The van der Waals surface area contributed by atoms with Gasteiger partial charge in [0.2, 0.25) is 11.8 Å². The lowest BCUT2D eigenvalue weighted by Crippen LogP contribution is -2.45. The monoisotopic (exact) mass is 853 g/mol. The zero-order valence-corrected chi connectivity index (χ0v) is 39.8. The molecule has 5 N–H and O–H groups in total. The van der Waals surface area contributed by atoms with Crippen molar-refractivity contribution >= 4 is 36.1 Å². The van der Waals surface area contributed by atoms with Crippen LogP contribution in [0.4, 0.5) is 18.9 Å². The van der Waals surface area contributed by atoms with Crippen LogP contribution in [0.15, 0.2) is 130 Å². The predicted molar refractivity (Wildman–Crippen MR) is 269 cm³/mol. The second kappa shape index (κ2) is 44.5. The van der Waals surface area contributed by atoms with Crippen LogP contribution in [0, 0.1) is 6.92 Å². The highest BCUT2D eigenvalue weighted by Gasteiger charge is 2.44. The minimum atomic E-state index is -4.83. The van der Waals surface area contributed by atoms with Crippen LogP contribution in [0.3, 0.4) is 0 Å². The lowest BCUT2D eigenvalue weighted by atomic mass is 10.0. The SMILES string of the molecule is C=C/C=C\C=N/Nc1cc(C)ccc1C1=C/C(=C/C/C(=C/C=C)C/C=C\C=C/N)N(C(N=C)=NC)C(C(F)(F)F)=N1.CC.CC.CCCCCCC.CCCCCCC.CN. The summed E-state index contributed by atoms with van der Waals surface area (Å²) in [6.07, 6.45) is 29.9. The number of nitrogens with zero attached hydrogens (tertiary/aromatic N) is 5. The maximum absolute atomic E-state index is 14.5. The highest BCUT2D eigenvalue weighted by molar-refractivity contribution is 6.09. The molecule has 344 valence electrons. The van der Waals surface area contributed by atoms with Gasteiger partial charge in [0.1, 0.15) is 0 Å². The molecule has 0 spiro atoms. The number of unbranched alkanes of at least 4 members (excludes halogenated alkanes) is 8. The topological polar surface area (TPSA) is 117 Å². The van der Waals surface area contributed by atoms with Gasteiger partial charge in [0, 0.05) is 24.5 Å². The lowest BCUT2D eigenvalue weighted by molar-refractivity contribution is -0.0650. The van der Waals surface area contributed by atoms with E-state index in [1.54, 1.807) is 66.8 Å². The van der Waals surface area contributed by atoms with E-state index in [0.29, 0.717) is 24.1 Å². The number of hydrazone groups is 1. The molecule has 0 aliphatic carbocycles. The molecule has 0 atom stereocenters. The second-order valence-corrected chi connectivity index (χ2v) is 12.6. The number of aliphatic imine (C=N–C) groups is 3. The summed E-state index contributed by atoms with van der Waals surface area (Å²) in [6, 6.07) is 5.27. The van der Waals surface area contributed by atoms with Crippen molar-refractivity contribution in [3.63, 3.8) is 0 Å². The van der Waals surface area contributed by atoms with E-state index in [9.17, 15) is 13.2 Å². The third-order valence-electron chi connectivity index (χ3n) is 7.90. The van der Waals surface area contributed by atoms with E-state index in [4.69, 9.17) is 5.73 Å². The van der Waals surface area contributed by atoms with Crippen molar-refractivity contribution in [3.8, 4) is 0 Å². The van der Waals surface area contributed by atoms with Gasteiger partial charge in [-0.25, -0.2) is 9.98 Å². The fourth-order valence-electron chi connectivity index (χ4n) is 5.04. The standard InChI is InChI=1S/C31H34F3N7.2C7H16.2C2H6.CH5N/c1-6-8-12-20-38-40-28-21-23(3)15-18-26(28)27-22-25(17-16-24(13-7-2)14-10-9-11-19-35)41(30(36-4)37-5)29(39-27)31(32,33)34;2*1-3-5-7-6-4-2;3*1-2/h6-13,15,17-22,40H,1-2,4,14,16,35H2,3,5H3;2*3-7H2,1-2H3;2*1-2H3;2H2,1H3/b10-9-,12-8-,19-11-,24-13+,25-17-,37-30?,38-20-;;;;;. The van der Waals surface area contributed by atoms with Gasteiger partial charge >= 0.3 is 6.18 Å². The third-order valence-corrected chi connectivity index (χ3v) is 7.90. The quantitative estimate of drug-likeness (QED) is 0.0422. The number of hydrogen-bond donors (Lipinski definition) is 3. The van der Waals surface area contributed by atoms with E-state index in [-0.39, 0.29) is 17.4 Å². The summed E-state index contributed by atoms with van der Waals surface area (Å²) >= 11 is 0. The van der Waals surface area contributed by atoms with E-state index in [1.807, 2.05) is 46.8 Å². The Bertz CT molecular complexity index is 1540. The summed E-state index contributed by atoms with van der Waals surface area (Å²) in [6.45, 7) is 29.6. The van der Waals surface area contributed by atoms with Gasteiger partial charge in [0.15, 0.2) is 0 Å². The van der Waals surface area contributed by atoms with Crippen LogP contribution in [-0.2, 0) is 0 Å². The van der Waals surface area contributed by atoms with Crippen molar-refractivity contribution in [1.82, 2.24) is 4.90 Å². The van der Waals surface area contributed by atoms with E-state index in [1.165, 1.54) is 90.7 Å². The number of nitrogens with two attached hydrogens (primary N) is 2. The Labute approximate surface area is 370 Å². The molecular weight excluding hydrogens is 770 g/mol. The molecule has 1 aliphatic rings. The number of allylic oxidation sites excluding steroid dienone is 11. The Balaban J connectivity index is -0.000000676. The molecule has 1 aliphatic heterocycles. The van der Waals surface area contributed by atoms with E-state index in [0.717, 1.165) is 16.0 Å². The molecule has 1 heterocycles. The molecule has 0 amide bonds. The van der Waals surface area contributed by atoms with Gasteiger partial charge in [-0.05, 0) is 69.6 Å². The number of rotatable bonds is 19. The molecule has 0 fully saturated rings. The third kappa shape index (κ3) is 30.6. The Kier molecular flexibility index (Phi) is 45.7. The van der Waals surface area contributed by atoms with Gasteiger partial charge in [-0.15, -0.1) is 0 Å². The number of amidine groups is 1. The first-order chi connectivity index (χ1) is 29.5. The maximum Gasteiger partial charge on any atom is 0.450 e. The van der Waals surface area contributed by atoms with Crippen LogP contribution in [0.25, 0.3) is 5.70 Å². The average Bonchev–Trinajstić information content (AvgIpc) is 3.27. The number of halogens is 3. The van der Waals surface area contributed by atoms with Crippen molar-refractivity contribution < 1.29 is 13.2 Å². The molecule has 11 heteroatoms. The molecule has 2 rings (SSSR count).